The molecule has 1 saturated heterocycles. The van der Waals surface area contributed by atoms with Crippen molar-refractivity contribution in [2.75, 3.05) is 31.2 Å². The van der Waals surface area contributed by atoms with E-state index in [2.05, 4.69) is 27.1 Å². The Hall–Kier alpha value is -3.39. The summed E-state index contributed by atoms with van der Waals surface area (Å²) in [5.74, 6) is -0.488. The molecule has 0 spiro atoms. The zero-order valence-corrected chi connectivity index (χ0v) is 15.5. The fraction of sp³-hybridized carbons (Fsp3) is 0.250. The summed E-state index contributed by atoms with van der Waals surface area (Å²) in [5, 5.41) is 5.16. The molecule has 1 aromatic carbocycles. The Balaban J connectivity index is 1.70. The van der Waals surface area contributed by atoms with Gasteiger partial charge in [0.15, 0.2) is 0 Å². The first-order chi connectivity index (χ1) is 13.6. The summed E-state index contributed by atoms with van der Waals surface area (Å²) in [6, 6.07) is 7.95. The lowest BCUT2D eigenvalue weighted by Crippen LogP contribution is -2.36. The number of amides is 1. The minimum absolute atomic E-state index is 0.424. The molecule has 1 aliphatic heterocycles. The van der Waals surface area contributed by atoms with E-state index in [1.54, 1.807) is 16.9 Å². The number of carbonyl (C=O) groups is 1. The van der Waals surface area contributed by atoms with E-state index in [-0.39, 0.29) is 0 Å². The molecule has 8 nitrogen and oxygen atoms in total. The molecule has 3 N–H and O–H groups in total. The molecule has 1 amide bonds. The van der Waals surface area contributed by atoms with Crippen LogP contribution in [0.5, 0.6) is 0 Å². The number of aryl methyl sites for hydroxylation is 1. The molecule has 1 fully saturated rings. The van der Waals surface area contributed by atoms with Gasteiger partial charge >= 0.3 is 0 Å². The van der Waals surface area contributed by atoms with Gasteiger partial charge in [0.2, 0.25) is 0 Å². The summed E-state index contributed by atoms with van der Waals surface area (Å²) >= 11 is 0. The second-order valence-electron chi connectivity index (χ2n) is 7.00. The summed E-state index contributed by atoms with van der Waals surface area (Å²) in [6.07, 6.45) is 3.59. The van der Waals surface area contributed by atoms with E-state index in [1.807, 2.05) is 19.3 Å². The number of ether oxygens (including phenoxy) is 1. The Morgan fingerprint density at radius 1 is 1.25 bits per heavy atom. The molecule has 142 valence electrons. The molecule has 0 aliphatic carbocycles. The van der Waals surface area contributed by atoms with Crippen LogP contribution in [0.3, 0.4) is 0 Å². The van der Waals surface area contributed by atoms with Crippen molar-refractivity contribution in [3.8, 4) is 11.3 Å². The number of hydrogen-bond acceptors (Lipinski definition) is 5. The van der Waals surface area contributed by atoms with Gasteiger partial charge in [-0.3, -0.25) is 9.48 Å². The van der Waals surface area contributed by atoms with E-state index in [9.17, 15) is 4.79 Å². The molecule has 28 heavy (non-hydrogen) atoms. The number of carbonyl (C=O) groups excluding carboxylic acids is 1. The summed E-state index contributed by atoms with van der Waals surface area (Å²) in [7, 11) is 1.84. The fourth-order valence-corrected chi connectivity index (χ4v) is 3.76. The van der Waals surface area contributed by atoms with Crippen LogP contribution in [-0.2, 0) is 11.8 Å². The number of nitrogens with two attached hydrogens (primary N) is 1. The smallest absolute Gasteiger partial charge is 0.250 e. The van der Waals surface area contributed by atoms with Crippen molar-refractivity contribution in [2.24, 2.45) is 12.8 Å². The van der Waals surface area contributed by atoms with Gasteiger partial charge in [0.05, 0.1) is 47.2 Å². The largest absolute Gasteiger partial charge is 0.378 e. The highest BCUT2D eigenvalue weighted by atomic mass is 16.5. The lowest BCUT2D eigenvalue weighted by Gasteiger charge is -2.28. The fourth-order valence-electron chi connectivity index (χ4n) is 3.76. The lowest BCUT2D eigenvalue weighted by molar-refractivity contribution is 0.100. The van der Waals surface area contributed by atoms with E-state index >= 15 is 0 Å². The molecule has 1 aliphatic rings. The number of aromatic amines is 1. The van der Waals surface area contributed by atoms with Crippen LogP contribution >= 0.6 is 0 Å². The number of morpholine rings is 1. The molecule has 3 aromatic heterocycles. The van der Waals surface area contributed by atoms with Crippen molar-refractivity contribution in [3.63, 3.8) is 0 Å². The molecule has 0 saturated carbocycles. The normalized spacial score (nSPS) is 14.8. The summed E-state index contributed by atoms with van der Waals surface area (Å²) in [4.78, 5) is 22.6. The second kappa shape index (κ2) is 6.35. The number of nitrogens with one attached hydrogen (secondary N) is 1. The first-order valence-electron chi connectivity index (χ1n) is 9.18. The Morgan fingerprint density at radius 3 is 2.79 bits per heavy atom. The van der Waals surface area contributed by atoms with Crippen LogP contribution in [0.2, 0.25) is 0 Å². The predicted molar refractivity (Wildman–Crippen MR) is 107 cm³/mol. The number of H-pyrrole nitrogens is 1. The maximum absolute atomic E-state index is 12.1. The third kappa shape index (κ3) is 2.69. The highest BCUT2D eigenvalue weighted by molar-refractivity contribution is 6.14. The highest BCUT2D eigenvalue weighted by Gasteiger charge is 2.18. The van der Waals surface area contributed by atoms with Crippen LogP contribution in [0.25, 0.3) is 33.2 Å². The van der Waals surface area contributed by atoms with Gasteiger partial charge in [-0.25, -0.2) is 4.98 Å². The number of primary amides is 1. The van der Waals surface area contributed by atoms with Crippen molar-refractivity contribution >= 4 is 33.5 Å². The summed E-state index contributed by atoms with van der Waals surface area (Å²) in [6.45, 7) is 3.18. The van der Waals surface area contributed by atoms with Crippen molar-refractivity contribution in [1.29, 1.82) is 0 Å². The molecule has 0 atom stereocenters. The van der Waals surface area contributed by atoms with Gasteiger partial charge in [0.1, 0.15) is 0 Å². The van der Waals surface area contributed by atoms with Crippen LogP contribution in [0.1, 0.15) is 10.4 Å². The van der Waals surface area contributed by atoms with Gasteiger partial charge in [-0.1, -0.05) is 0 Å². The Bertz CT molecular complexity index is 1200. The molecule has 5 rings (SSSR count). The SMILES string of the molecule is Cn1cc(-c2cc(C(N)=O)c3[nH]c4cc(N5CCOCC5)ccc4c3n2)cn1. The minimum atomic E-state index is -0.488. The minimum Gasteiger partial charge on any atom is -0.378 e. The quantitative estimate of drug-likeness (QED) is 0.570. The standard InChI is InChI=1S/C20H20N6O2/c1-25-11-12(10-22-25)16-9-15(20(21)27)19-18(23-16)14-3-2-13(8-17(14)24-19)26-4-6-28-7-5-26/h2-3,8-11,24H,4-7H2,1H3,(H2,21,27). The monoisotopic (exact) mass is 376 g/mol. The third-order valence-electron chi connectivity index (χ3n) is 5.18. The zero-order chi connectivity index (χ0) is 19.3. The number of hydrogen-bond donors (Lipinski definition) is 2. The van der Waals surface area contributed by atoms with Crippen LogP contribution in [0.15, 0.2) is 36.7 Å². The number of benzene rings is 1. The molecule has 0 radical (unpaired) electrons. The molecule has 4 heterocycles. The Labute approximate surface area is 160 Å². The van der Waals surface area contributed by atoms with E-state index in [4.69, 9.17) is 15.5 Å². The Morgan fingerprint density at radius 2 is 2.07 bits per heavy atom. The second-order valence-corrected chi connectivity index (χ2v) is 7.00. The van der Waals surface area contributed by atoms with Crippen LogP contribution in [0.4, 0.5) is 5.69 Å². The number of fused-ring (bicyclic) bond motifs is 3. The third-order valence-corrected chi connectivity index (χ3v) is 5.18. The van der Waals surface area contributed by atoms with Gasteiger partial charge in [-0.05, 0) is 24.3 Å². The van der Waals surface area contributed by atoms with Gasteiger partial charge < -0.3 is 20.4 Å². The van der Waals surface area contributed by atoms with Gasteiger partial charge in [0, 0.05) is 43.0 Å². The maximum Gasteiger partial charge on any atom is 0.250 e. The number of pyridine rings is 1. The van der Waals surface area contributed by atoms with Crippen LogP contribution in [0, 0.1) is 0 Å². The van der Waals surface area contributed by atoms with E-state index in [0.717, 1.165) is 54.0 Å². The predicted octanol–water partition coefficient (Wildman–Crippen LogP) is 2.05. The van der Waals surface area contributed by atoms with Crippen LogP contribution < -0.4 is 10.6 Å². The molecule has 0 bridgehead atoms. The van der Waals surface area contributed by atoms with Crippen molar-refractivity contribution in [1.82, 2.24) is 19.7 Å². The van der Waals surface area contributed by atoms with Gasteiger partial charge in [-0.15, -0.1) is 0 Å². The van der Waals surface area contributed by atoms with E-state index in [1.165, 1.54) is 0 Å². The number of rotatable bonds is 3. The first-order valence-corrected chi connectivity index (χ1v) is 9.18. The van der Waals surface area contributed by atoms with Crippen molar-refractivity contribution < 1.29 is 9.53 Å². The molecular weight excluding hydrogens is 356 g/mol. The average Bonchev–Trinajstić information content (AvgIpc) is 3.30. The summed E-state index contributed by atoms with van der Waals surface area (Å²) < 4.78 is 7.14. The van der Waals surface area contributed by atoms with Crippen molar-refractivity contribution in [3.05, 3.63) is 42.2 Å². The van der Waals surface area contributed by atoms with Gasteiger partial charge in [-0.2, -0.15) is 5.10 Å². The van der Waals surface area contributed by atoms with E-state index in [0.29, 0.717) is 16.8 Å². The van der Waals surface area contributed by atoms with Crippen LogP contribution in [-0.4, -0.2) is 52.0 Å². The number of aromatic nitrogens is 4. The maximum atomic E-state index is 12.1. The summed E-state index contributed by atoms with van der Waals surface area (Å²) in [5.41, 5.74) is 11.1. The Kier molecular flexibility index (Phi) is 3.80. The highest BCUT2D eigenvalue weighted by Crippen LogP contribution is 2.32. The van der Waals surface area contributed by atoms with Crippen molar-refractivity contribution in [2.45, 2.75) is 0 Å². The molecule has 8 heteroatoms. The number of anilines is 1. The van der Waals surface area contributed by atoms with Gasteiger partial charge in [0.25, 0.3) is 5.91 Å². The lowest BCUT2D eigenvalue weighted by atomic mass is 10.1. The molecular formula is C20H20N6O2. The zero-order valence-electron chi connectivity index (χ0n) is 15.5. The van der Waals surface area contributed by atoms with E-state index < -0.39 is 5.91 Å². The molecule has 0 unspecified atom stereocenters. The number of nitrogens with zero attached hydrogens (tertiary/aromatic N) is 4. The first kappa shape index (κ1) is 16.8. The average molecular weight is 376 g/mol. The topological polar surface area (TPSA) is 102 Å². The molecule has 4 aromatic rings.